The SMILES string of the molecule is COC(=O)[C@@H](N=Cc1ccc(-c2cccs2)s1)C(C)C. The van der Waals surface area contributed by atoms with Crippen LogP contribution in [0.5, 0.6) is 0 Å². The quantitative estimate of drug-likeness (QED) is 0.616. The van der Waals surface area contributed by atoms with Gasteiger partial charge in [0.25, 0.3) is 0 Å². The van der Waals surface area contributed by atoms with Crippen LogP contribution in [0.4, 0.5) is 0 Å². The number of aliphatic imine (C=N–C) groups is 1. The first-order valence-corrected chi connectivity index (χ1v) is 8.06. The van der Waals surface area contributed by atoms with Crippen molar-refractivity contribution in [3.63, 3.8) is 0 Å². The molecule has 3 nitrogen and oxygen atoms in total. The van der Waals surface area contributed by atoms with Gasteiger partial charge >= 0.3 is 5.97 Å². The lowest BCUT2D eigenvalue weighted by Crippen LogP contribution is -2.25. The average Bonchev–Trinajstić information content (AvgIpc) is 3.08. The molecule has 0 amide bonds. The number of ether oxygens (including phenoxy) is 1. The Morgan fingerprint density at radius 3 is 2.70 bits per heavy atom. The molecular weight excluding hydrogens is 290 g/mol. The highest BCUT2D eigenvalue weighted by atomic mass is 32.1. The third-order valence-electron chi connectivity index (χ3n) is 2.83. The number of esters is 1. The van der Waals surface area contributed by atoms with E-state index >= 15 is 0 Å². The minimum atomic E-state index is -0.438. The van der Waals surface area contributed by atoms with Crippen molar-refractivity contribution < 1.29 is 9.53 Å². The smallest absolute Gasteiger partial charge is 0.330 e. The van der Waals surface area contributed by atoms with Crippen LogP contribution < -0.4 is 0 Å². The summed E-state index contributed by atoms with van der Waals surface area (Å²) in [6.45, 7) is 3.93. The van der Waals surface area contributed by atoms with Crippen LogP contribution in [-0.4, -0.2) is 25.3 Å². The Balaban J connectivity index is 2.13. The fourth-order valence-corrected chi connectivity index (χ4v) is 3.48. The van der Waals surface area contributed by atoms with Gasteiger partial charge in [0.05, 0.1) is 7.11 Å². The van der Waals surface area contributed by atoms with Crippen molar-refractivity contribution in [2.45, 2.75) is 19.9 Å². The lowest BCUT2D eigenvalue weighted by Gasteiger charge is -2.12. The van der Waals surface area contributed by atoms with Crippen LogP contribution in [0.15, 0.2) is 34.6 Å². The maximum atomic E-state index is 11.6. The van der Waals surface area contributed by atoms with E-state index in [2.05, 4.69) is 22.5 Å². The van der Waals surface area contributed by atoms with Gasteiger partial charge in [-0.15, -0.1) is 22.7 Å². The Morgan fingerprint density at radius 2 is 2.10 bits per heavy atom. The van der Waals surface area contributed by atoms with Gasteiger partial charge in [-0.3, -0.25) is 4.99 Å². The van der Waals surface area contributed by atoms with Crippen molar-refractivity contribution in [3.05, 3.63) is 34.5 Å². The third-order valence-corrected chi connectivity index (χ3v) is 4.91. The van der Waals surface area contributed by atoms with Gasteiger partial charge in [-0.25, -0.2) is 4.79 Å². The Bertz CT molecular complexity index is 585. The molecule has 0 radical (unpaired) electrons. The fourth-order valence-electron chi connectivity index (χ4n) is 1.75. The van der Waals surface area contributed by atoms with Gasteiger partial charge in [-0.05, 0) is 29.5 Å². The van der Waals surface area contributed by atoms with Gasteiger partial charge in [0.1, 0.15) is 6.04 Å². The number of thiophene rings is 2. The molecule has 106 valence electrons. The first-order valence-electron chi connectivity index (χ1n) is 6.36. The number of methoxy groups -OCH3 is 1. The zero-order chi connectivity index (χ0) is 14.5. The maximum absolute atomic E-state index is 11.6. The molecule has 2 aromatic heterocycles. The van der Waals surface area contributed by atoms with Gasteiger partial charge in [-0.1, -0.05) is 19.9 Å². The molecular formula is C15H17NO2S2. The predicted octanol–water partition coefficient (Wildman–Crippen LogP) is 4.09. The van der Waals surface area contributed by atoms with E-state index in [1.165, 1.54) is 16.9 Å². The van der Waals surface area contributed by atoms with Crippen molar-refractivity contribution in [3.8, 4) is 9.75 Å². The molecule has 0 N–H and O–H groups in total. The topological polar surface area (TPSA) is 38.7 Å². The van der Waals surface area contributed by atoms with Crippen molar-refractivity contribution in [2.24, 2.45) is 10.9 Å². The molecule has 2 heterocycles. The summed E-state index contributed by atoms with van der Waals surface area (Å²) in [5.41, 5.74) is 0. The van der Waals surface area contributed by atoms with E-state index in [0.717, 1.165) is 4.88 Å². The van der Waals surface area contributed by atoms with Crippen LogP contribution in [0.25, 0.3) is 9.75 Å². The number of carbonyl (C=O) groups excluding carboxylic acids is 1. The second-order valence-electron chi connectivity index (χ2n) is 4.67. The van der Waals surface area contributed by atoms with E-state index < -0.39 is 6.04 Å². The second-order valence-corrected chi connectivity index (χ2v) is 6.73. The molecule has 0 aromatic carbocycles. The number of rotatable bonds is 5. The second kappa shape index (κ2) is 6.81. The number of hydrogen-bond donors (Lipinski definition) is 0. The van der Waals surface area contributed by atoms with Crippen molar-refractivity contribution >= 4 is 34.9 Å². The molecule has 0 bridgehead atoms. The highest BCUT2D eigenvalue weighted by molar-refractivity contribution is 7.22. The molecule has 2 aromatic rings. The van der Waals surface area contributed by atoms with Crippen LogP contribution in [0.2, 0.25) is 0 Å². The maximum Gasteiger partial charge on any atom is 0.330 e. The lowest BCUT2D eigenvalue weighted by atomic mass is 10.1. The number of nitrogens with zero attached hydrogens (tertiary/aromatic N) is 1. The Labute approximate surface area is 126 Å². The first-order chi connectivity index (χ1) is 9.61. The Hall–Kier alpha value is -1.46. The van der Waals surface area contributed by atoms with E-state index in [1.54, 1.807) is 28.9 Å². The minimum absolute atomic E-state index is 0.121. The highest BCUT2D eigenvalue weighted by Crippen LogP contribution is 2.30. The standard InChI is InChI=1S/C15H17NO2S2/c1-10(2)14(15(17)18-3)16-9-11-6-7-13(20-11)12-5-4-8-19-12/h4-10,14H,1-3H3/t14-/m0/s1. The lowest BCUT2D eigenvalue weighted by molar-refractivity contribution is -0.143. The summed E-state index contributed by atoms with van der Waals surface area (Å²) in [5, 5.41) is 2.06. The van der Waals surface area contributed by atoms with Gasteiger partial charge in [0.2, 0.25) is 0 Å². The van der Waals surface area contributed by atoms with E-state index in [0.29, 0.717) is 0 Å². The highest BCUT2D eigenvalue weighted by Gasteiger charge is 2.21. The van der Waals surface area contributed by atoms with Crippen LogP contribution in [0.3, 0.4) is 0 Å². The molecule has 0 aliphatic rings. The summed E-state index contributed by atoms with van der Waals surface area (Å²) < 4.78 is 4.78. The molecule has 0 fully saturated rings. The largest absolute Gasteiger partial charge is 0.467 e. The zero-order valence-electron chi connectivity index (χ0n) is 11.7. The van der Waals surface area contributed by atoms with Crippen LogP contribution >= 0.6 is 22.7 Å². The van der Waals surface area contributed by atoms with Crippen molar-refractivity contribution in [2.75, 3.05) is 7.11 Å². The molecule has 2 rings (SSSR count). The van der Waals surface area contributed by atoms with Gasteiger partial charge in [0, 0.05) is 20.8 Å². The summed E-state index contributed by atoms with van der Waals surface area (Å²) in [6, 6.07) is 7.81. The molecule has 0 aliphatic carbocycles. The van der Waals surface area contributed by atoms with Crippen molar-refractivity contribution in [1.29, 1.82) is 0 Å². The summed E-state index contributed by atoms with van der Waals surface area (Å²) in [5.74, 6) is -0.165. The predicted molar refractivity (Wildman–Crippen MR) is 85.9 cm³/mol. The minimum Gasteiger partial charge on any atom is -0.467 e. The molecule has 20 heavy (non-hydrogen) atoms. The number of hydrogen-bond acceptors (Lipinski definition) is 5. The molecule has 0 aliphatic heterocycles. The third kappa shape index (κ3) is 3.55. The van der Waals surface area contributed by atoms with Crippen molar-refractivity contribution in [1.82, 2.24) is 0 Å². The Kier molecular flexibility index (Phi) is 5.09. The van der Waals surface area contributed by atoms with Crippen LogP contribution in [0.1, 0.15) is 18.7 Å². The summed E-state index contributed by atoms with van der Waals surface area (Å²) in [7, 11) is 1.40. The molecule has 0 saturated heterocycles. The fraction of sp³-hybridized carbons (Fsp3) is 0.333. The normalized spacial score (nSPS) is 13.0. The monoisotopic (exact) mass is 307 g/mol. The zero-order valence-corrected chi connectivity index (χ0v) is 13.3. The van der Waals surface area contributed by atoms with E-state index in [-0.39, 0.29) is 11.9 Å². The Morgan fingerprint density at radius 1 is 1.30 bits per heavy atom. The molecule has 0 spiro atoms. The van der Waals surface area contributed by atoms with Gasteiger partial charge < -0.3 is 4.74 Å². The molecule has 1 atom stereocenters. The van der Waals surface area contributed by atoms with Crippen LogP contribution in [0, 0.1) is 5.92 Å². The van der Waals surface area contributed by atoms with Crippen LogP contribution in [-0.2, 0) is 9.53 Å². The van der Waals surface area contributed by atoms with E-state index in [4.69, 9.17) is 4.74 Å². The van der Waals surface area contributed by atoms with Gasteiger partial charge in [-0.2, -0.15) is 0 Å². The average molecular weight is 307 g/mol. The first kappa shape index (κ1) is 14.9. The van der Waals surface area contributed by atoms with E-state index in [1.807, 2.05) is 26.0 Å². The molecule has 0 unspecified atom stereocenters. The summed E-state index contributed by atoms with van der Waals surface area (Å²) in [6.07, 6.45) is 1.77. The summed E-state index contributed by atoms with van der Waals surface area (Å²) in [4.78, 5) is 19.5. The van der Waals surface area contributed by atoms with E-state index in [9.17, 15) is 4.79 Å². The molecule has 5 heteroatoms. The summed E-state index contributed by atoms with van der Waals surface area (Å²) >= 11 is 3.39. The van der Waals surface area contributed by atoms with Gasteiger partial charge in [0.15, 0.2) is 0 Å². The molecule has 0 saturated carbocycles. The number of carbonyl (C=O) groups is 1.